The molecule has 1 aromatic carbocycles. The van der Waals surface area contributed by atoms with Crippen molar-refractivity contribution < 1.29 is 14.3 Å². The maximum absolute atomic E-state index is 13.2. The molecule has 0 spiro atoms. The Hall–Kier alpha value is -1.46. The summed E-state index contributed by atoms with van der Waals surface area (Å²) in [6.45, 7) is 0.801. The Labute approximate surface area is 126 Å². The molecule has 112 valence electrons. The number of amides is 1. The van der Waals surface area contributed by atoms with Gasteiger partial charge in [-0.15, -0.1) is 11.3 Å². The monoisotopic (exact) mass is 307 g/mol. The van der Waals surface area contributed by atoms with Gasteiger partial charge < -0.3 is 10.4 Å². The third-order valence-corrected chi connectivity index (χ3v) is 5.39. The largest absolute Gasteiger partial charge is 0.396 e. The molecular weight excluding hydrogens is 289 g/mol. The number of nitrogens with one attached hydrogen (secondary N) is 1. The van der Waals surface area contributed by atoms with Crippen LogP contribution in [0.3, 0.4) is 0 Å². The van der Waals surface area contributed by atoms with Crippen LogP contribution in [-0.2, 0) is 0 Å². The van der Waals surface area contributed by atoms with Gasteiger partial charge in [0.1, 0.15) is 5.82 Å². The summed E-state index contributed by atoms with van der Waals surface area (Å²) in [6, 6.07) is 6.29. The number of thiophene rings is 1. The predicted octanol–water partition coefficient (Wildman–Crippen LogP) is 3.18. The van der Waals surface area contributed by atoms with E-state index in [4.69, 9.17) is 0 Å². The van der Waals surface area contributed by atoms with Crippen molar-refractivity contribution >= 4 is 27.3 Å². The van der Waals surface area contributed by atoms with E-state index in [1.807, 2.05) is 0 Å². The van der Waals surface area contributed by atoms with E-state index in [9.17, 15) is 14.3 Å². The maximum Gasteiger partial charge on any atom is 0.261 e. The van der Waals surface area contributed by atoms with Crippen LogP contribution in [0.5, 0.6) is 0 Å². The Kier molecular flexibility index (Phi) is 4.22. The predicted molar refractivity (Wildman–Crippen MR) is 82.0 cm³/mol. The highest BCUT2D eigenvalue weighted by Crippen LogP contribution is 2.31. The van der Waals surface area contributed by atoms with E-state index < -0.39 is 0 Å². The van der Waals surface area contributed by atoms with Crippen LogP contribution < -0.4 is 5.32 Å². The molecule has 3 rings (SSSR count). The number of carbonyl (C=O) groups is 1. The molecule has 1 aromatic heterocycles. The zero-order valence-electron chi connectivity index (χ0n) is 11.6. The smallest absolute Gasteiger partial charge is 0.261 e. The number of aliphatic hydroxyl groups is 1. The molecule has 1 heterocycles. The third-order valence-electron chi connectivity index (χ3n) is 4.28. The Morgan fingerprint density at radius 2 is 2.14 bits per heavy atom. The molecule has 5 heteroatoms. The lowest BCUT2D eigenvalue weighted by molar-refractivity contribution is 0.0942. The topological polar surface area (TPSA) is 49.3 Å². The van der Waals surface area contributed by atoms with E-state index >= 15 is 0 Å². The van der Waals surface area contributed by atoms with Crippen molar-refractivity contribution in [3.8, 4) is 0 Å². The molecule has 1 aliphatic carbocycles. The number of benzene rings is 1. The summed E-state index contributed by atoms with van der Waals surface area (Å²) >= 11 is 1.38. The van der Waals surface area contributed by atoms with Gasteiger partial charge in [0.15, 0.2) is 0 Å². The van der Waals surface area contributed by atoms with Crippen LogP contribution in [0.1, 0.15) is 28.9 Å². The molecule has 1 saturated carbocycles. The van der Waals surface area contributed by atoms with Crippen molar-refractivity contribution in [3.05, 3.63) is 35.0 Å². The van der Waals surface area contributed by atoms with Crippen molar-refractivity contribution in [2.24, 2.45) is 11.8 Å². The Balaban J connectivity index is 1.66. The van der Waals surface area contributed by atoms with Gasteiger partial charge in [0.25, 0.3) is 5.91 Å². The van der Waals surface area contributed by atoms with Crippen LogP contribution in [0.15, 0.2) is 24.3 Å². The van der Waals surface area contributed by atoms with Crippen LogP contribution in [0, 0.1) is 17.7 Å². The molecule has 0 aliphatic heterocycles. The Morgan fingerprint density at radius 3 is 2.95 bits per heavy atom. The minimum Gasteiger partial charge on any atom is -0.396 e. The van der Waals surface area contributed by atoms with Crippen LogP contribution in [0.2, 0.25) is 0 Å². The van der Waals surface area contributed by atoms with E-state index in [2.05, 4.69) is 5.32 Å². The molecule has 21 heavy (non-hydrogen) atoms. The second kappa shape index (κ2) is 6.12. The highest BCUT2D eigenvalue weighted by Gasteiger charge is 2.27. The fourth-order valence-corrected chi connectivity index (χ4v) is 4.02. The molecule has 1 amide bonds. The summed E-state index contributed by atoms with van der Waals surface area (Å²) in [7, 11) is 0. The highest BCUT2D eigenvalue weighted by atomic mass is 32.1. The lowest BCUT2D eigenvalue weighted by Crippen LogP contribution is -2.31. The second-order valence-corrected chi connectivity index (χ2v) is 6.72. The Bertz CT molecular complexity index is 655. The molecule has 1 fully saturated rings. The van der Waals surface area contributed by atoms with Gasteiger partial charge in [-0.25, -0.2) is 4.39 Å². The van der Waals surface area contributed by atoms with Crippen molar-refractivity contribution in [3.63, 3.8) is 0 Å². The Morgan fingerprint density at radius 1 is 1.33 bits per heavy atom. The molecule has 2 aromatic rings. The van der Waals surface area contributed by atoms with Gasteiger partial charge in [0, 0.05) is 17.9 Å². The van der Waals surface area contributed by atoms with Gasteiger partial charge in [-0.1, -0.05) is 6.42 Å². The van der Waals surface area contributed by atoms with Crippen LogP contribution in [0.4, 0.5) is 4.39 Å². The summed E-state index contributed by atoms with van der Waals surface area (Å²) < 4.78 is 14.1. The summed E-state index contributed by atoms with van der Waals surface area (Å²) in [4.78, 5) is 12.8. The standard InChI is InChI=1S/C16H18FNO2S/c17-13-4-5-14-12(6-13)7-15(21-14)16(20)18-8-10-2-1-3-11(10)9-19/h4-7,10-11,19H,1-3,8-9H2,(H,18,20). The number of hydrogen-bond acceptors (Lipinski definition) is 3. The third kappa shape index (κ3) is 3.09. The first-order valence-electron chi connectivity index (χ1n) is 7.25. The number of aliphatic hydroxyl groups excluding tert-OH is 1. The summed E-state index contributed by atoms with van der Waals surface area (Å²) in [5, 5.41) is 13.0. The van der Waals surface area contributed by atoms with E-state index in [0.29, 0.717) is 23.3 Å². The minimum atomic E-state index is -0.288. The average molecular weight is 307 g/mol. The summed E-state index contributed by atoms with van der Waals surface area (Å²) in [5.74, 6) is 0.275. The van der Waals surface area contributed by atoms with Crippen LogP contribution >= 0.6 is 11.3 Å². The normalized spacial score (nSPS) is 21.8. The van der Waals surface area contributed by atoms with E-state index in [-0.39, 0.29) is 18.3 Å². The minimum absolute atomic E-state index is 0.111. The van der Waals surface area contributed by atoms with E-state index in [1.54, 1.807) is 12.1 Å². The quantitative estimate of drug-likeness (QED) is 0.911. The zero-order chi connectivity index (χ0) is 14.8. The molecule has 3 nitrogen and oxygen atoms in total. The average Bonchev–Trinajstić information content (AvgIpc) is 3.10. The second-order valence-electron chi connectivity index (χ2n) is 5.64. The number of carbonyl (C=O) groups excluding carboxylic acids is 1. The molecular formula is C16H18FNO2S. The van der Waals surface area contributed by atoms with Gasteiger partial charge in [-0.05, 0) is 54.3 Å². The molecule has 2 unspecified atom stereocenters. The van der Waals surface area contributed by atoms with Gasteiger partial charge in [-0.2, -0.15) is 0 Å². The summed E-state index contributed by atoms with van der Waals surface area (Å²) in [5.41, 5.74) is 0. The van der Waals surface area contributed by atoms with Gasteiger partial charge in [0.2, 0.25) is 0 Å². The van der Waals surface area contributed by atoms with Gasteiger partial charge in [-0.3, -0.25) is 4.79 Å². The van der Waals surface area contributed by atoms with Crippen molar-refractivity contribution in [1.29, 1.82) is 0 Å². The lowest BCUT2D eigenvalue weighted by atomic mass is 9.97. The first kappa shape index (κ1) is 14.5. The molecule has 2 N–H and O–H groups in total. The zero-order valence-corrected chi connectivity index (χ0v) is 12.5. The van der Waals surface area contributed by atoms with Gasteiger partial charge >= 0.3 is 0 Å². The van der Waals surface area contributed by atoms with Crippen molar-refractivity contribution in [1.82, 2.24) is 5.32 Å². The highest BCUT2D eigenvalue weighted by molar-refractivity contribution is 7.20. The molecule has 1 aliphatic rings. The fraction of sp³-hybridized carbons (Fsp3) is 0.438. The van der Waals surface area contributed by atoms with Crippen LogP contribution in [-0.4, -0.2) is 24.2 Å². The SMILES string of the molecule is O=C(NCC1CCCC1CO)c1cc2cc(F)ccc2s1. The summed E-state index contributed by atoms with van der Waals surface area (Å²) in [6.07, 6.45) is 3.22. The molecule has 2 atom stereocenters. The first-order valence-corrected chi connectivity index (χ1v) is 8.07. The maximum atomic E-state index is 13.2. The number of fused-ring (bicyclic) bond motifs is 1. The fourth-order valence-electron chi connectivity index (χ4n) is 3.06. The van der Waals surface area contributed by atoms with Crippen molar-refractivity contribution in [2.45, 2.75) is 19.3 Å². The first-order chi connectivity index (χ1) is 10.2. The van der Waals surface area contributed by atoms with Gasteiger partial charge in [0.05, 0.1) is 4.88 Å². The molecule has 0 saturated heterocycles. The van der Waals surface area contributed by atoms with E-state index in [0.717, 1.165) is 29.3 Å². The molecule has 0 bridgehead atoms. The van der Waals surface area contributed by atoms with Crippen molar-refractivity contribution in [2.75, 3.05) is 13.2 Å². The number of rotatable bonds is 4. The van der Waals surface area contributed by atoms with E-state index in [1.165, 1.54) is 23.5 Å². The molecule has 0 radical (unpaired) electrons. The number of halogens is 1. The number of hydrogen-bond donors (Lipinski definition) is 2. The van der Waals surface area contributed by atoms with Crippen LogP contribution in [0.25, 0.3) is 10.1 Å². The lowest BCUT2D eigenvalue weighted by Gasteiger charge is -2.17.